The number of hydrogen-bond acceptors (Lipinski definition) is 8. The van der Waals surface area contributed by atoms with Crippen molar-refractivity contribution in [3.63, 3.8) is 0 Å². The number of anilines is 2. The van der Waals surface area contributed by atoms with Gasteiger partial charge in [0, 0.05) is 19.6 Å². The van der Waals surface area contributed by atoms with E-state index < -0.39 is 0 Å². The smallest absolute Gasteiger partial charge is 0.258 e. The number of ether oxygens (including phenoxy) is 1. The van der Waals surface area contributed by atoms with Gasteiger partial charge in [0.05, 0.1) is 12.7 Å². The second-order valence-corrected chi connectivity index (χ2v) is 4.76. The summed E-state index contributed by atoms with van der Waals surface area (Å²) < 4.78 is 7.08. The Bertz CT molecular complexity index is 587. The number of rotatable bonds is 4. The molecule has 2 aromatic rings. The Labute approximate surface area is 122 Å². The van der Waals surface area contributed by atoms with Crippen molar-refractivity contribution in [1.29, 1.82) is 0 Å². The first-order valence-corrected chi connectivity index (χ1v) is 6.97. The van der Waals surface area contributed by atoms with Gasteiger partial charge in [-0.15, -0.1) is 0 Å². The molecule has 1 saturated heterocycles. The van der Waals surface area contributed by atoms with E-state index in [9.17, 15) is 0 Å². The fraction of sp³-hybridized carbons (Fsp3) is 0.583. The van der Waals surface area contributed by atoms with Gasteiger partial charge in [-0.2, -0.15) is 24.7 Å². The zero-order valence-electron chi connectivity index (χ0n) is 12.1. The average molecular weight is 290 g/mol. The van der Waals surface area contributed by atoms with Gasteiger partial charge in [-0.3, -0.25) is 0 Å². The van der Waals surface area contributed by atoms with E-state index >= 15 is 0 Å². The standard InChI is InChI=1S/C12H18N8O/c1-3-14-10-16-11(19-4-5-21-9(2)6-19)18-12(17-10)20-8-13-7-15-20/h7-9H,3-6H2,1-2H3,(H,14,16,17,18). The summed E-state index contributed by atoms with van der Waals surface area (Å²) in [5.41, 5.74) is 0. The highest BCUT2D eigenvalue weighted by molar-refractivity contribution is 5.40. The summed E-state index contributed by atoms with van der Waals surface area (Å²) >= 11 is 0. The summed E-state index contributed by atoms with van der Waals surface area (Å²) in [6.07, 6.45) is 3.18. The predicted octanol–water partition coefficient (Wildman–Crippen LogP) is 0.109. The van der Waals surface area contributed by atoms with E-state index in [4.69, 9.17) is 4.74 Å². The maximum absolute atomic E-state index is 5.55. The molecule has 21 heavy (non-hydrogen) atoms. The molecule has 112 valence electrons. The van der Waals surface area contributed by atoms with Crippen molar-refractivity contribution in [2.45, 2.75) is 20.0 Å². The minimum atomic E-state index is 0.160. The first-order chi connectivity index (χ1) is 10.3. The Morgan fingerprint density at radius 3 is 2.90 bits per heavy atom. The van der Waals surface area contributed by atoms with Gasteiger partial charge in [0.2, 0.25) is 11.9 Å². The van der Waals surface area contributed by atoms with Crippen LogP contribution in [0.2, 0.25) is 0 Å². The molecule has 0 saturated carbocycles. The van der Waals surface area contributed by atoms with Gasteiger partial charge in [-0.05, 0) is 13.8 Å². The van der Waals surface area contributed by atoms with Gasteiger partial charge in [-0.25, -0.2) is 4.98 Å². The monoisotopic (exact) mass is 290 g/mol. The molecular weight excluding hydrogens is 272 g/mol. The van der Waals surface area contributed by atoms with Crippen LogP contribution in [0.25, 0.3) is 5.95 Å². The van der Waals surface area contributed by atoms with Crippen molar-refractivity contribution in [2.75, 3.05) is 36.5 Å². The highest BCUT2D eigenvalue weighted by Gasteiger charge is 2.21. The van der Waals surface area contributed by atoms with E-state index in [1.165, 1.54) is 11.0 Å². The van der Waals surface area contributed by atoms with Gasteiger partial charge in [0.25, 0.3) is 5.95 Å². The Morgan fingerprint density at radius 2 is 2.19 bits per heavy atom. The third-order valence-electron chi connectivity index (χ3n) is 3.09. The van der Waals surface area contributed by atoms with Crippen LogP contribution in [0.15, 0.2) is 12.7 Å². The first-order valence-electron chi connectivity index (χ1n) is 6.97. The highest BCUT2D eigenvalue weighted by atomic mass is 16.5. The molecule has 0 aliphatic carbocycles. The molecule has 1 aliphatic rings. The van der Waals surface area contributed by atoms with Crippen molar-refractivity contribution in [1.82, 2.24) is 29.7 Å². The minimum absolute atomic E-state index is 0.160. The first kappa shape index (κ1) is 13.7. The van der Waals surface area contributed by atoms with Crippen LogP contribution in [0.1, 0.15) is 13.8 Å². The van der Waals surface area contributed by atoms with Crippen LogP contribution in [0.3, 0.4) is 0 Å². The van der Waals surface area contributed by atoms with E-state index in [1.54, 1.807) is 6.33 Å². The van der Waals surface area contributed by atoms with Gasteiger partial charge in [0.15, 0.2) is 0 Å². The lowest BCUT2D eigenvalue weighted by Crippen LogP contribution is -2.42. The van der Waals surface area contributed by atoms with Crippen LogP contribution in [0.4, 0.5) is 11.9 Å². The number of aromatic nitrogens is 6. The fourth-order valence-corrected chi connectivity index (χ4v) is 2.15. The maximum Gasteiger partial charge on any atom is 0.258 e. The molecule has 9 heteroatoms. The van der Waals surface area contributed by atoms with Crippen LogP contribution in [0.5, 0.6) is 0 Å². The minimum Gasteiger partial charge on any atom is -0.375 e. The van der Waals surface area contributed by atoms with Crippen molar-refractivity contribution in [3.05, 3.63) is 12.7 Å². The van der Waals surface area contributed by atoms with Gasteiger partial charge in [0.1, 0.15) is 12.7 Å². The Kier molecular flexibility index (Phi) is 3.91. The van der Waals surface area contributed by atoms with Crippen LogP contribution >= 0.6 is 0 Å². The number of nitrogens with one attached hydrogen (secondary N) is 1. The van der Waals surface area contributed by atoms with Gasteiger partial charge < -0.3 is 15.0 Å². The molecule has 2 aromatic heterocycles. The molecule has 0 aromatic carbocycles. The average Bonchev–Trinajstić information content (AvgIpc) is 3.01. The van der Waals surface area contributed by atoms with E-state index in [1.807, 2.05) is 13.8 Å². The maximum atomic E-state index is 5.55. The lowest BCUT2D eigenvalue weighted by Gasteiger charge is -2.31. The van der Waals surface area contributed by atoms with E-state index in [0.29, 0.717) is 24.5 Å². The molecule has 1 fully saturated rings. The van der Waals surface area contributed by atoms with Gasteiger partial charge >= 0.3 is 0 Å². The molecule has 9 nitrogen and oxygen atoms in total. The molecule has 3 rings (SSSR count). The van der Waals surface area contributed by atoms with Gasteiger partial charge in [-0.1, -0.05) is 0 Å². The molecular formula is C12H18N8O. The molecule has 0 spiro atoms. The van der Waals surface area contributed by atoms with Crippen LogP contribution < -0.4 is 10.2 Å². The van der Waals surface area contributed by atoms with Crippen LogP contribution in [-0.4, -0.2) is 62.1 Å². The molecule has 3 heterocycles. The molecule has 0 bridgehead atoms. The predicted molar refractivity (Wildman–Crippen MR) is 76.5 cm³/mol. The molecule has 1 N–H and O–H groups in total. The molecule has 0 radical (unpaired) electrons. The third kappa shape index (κ3) is 3.07. The van der Waals surface area contributed by atoms with E-state index in [2.05, 4.69) is 35.3 Å². The lowest BCUT2D eigenvalue weighted by atomic mass is 10.3. The number of hydrogen-bond donors (Lipinski definition) is 1. The molecule has 0 amide bonds. The SMILES string of the molecule is CCNc1nc(N2CCOC(C)C2)nc(-n2cncn2)n1. The lowest BCUT2D eigenvalue weighted by molar-refractivity contribution is 0.0526. The Hall–Kier alpha value is -2.29. The molecule has 1 aliphatic heterocycles. The Morgan fingerprint density at radius 1 is 1.33 bits per heavy atom. The van der Waals surface area contributed by atoms with E-state index in [0.717, 1.165) is 19.6 Å². The number of nitrogens with zero attached hydrogens (tertiary/aromatic N) is 7. The topological polar surface area (TPSA) is 93.9 Å². The summed E-state index contributed by atoms with van der Waals surface area (Å²) in [6.45, 7) is 6.96. The number of morpholine rings is 1. The largest absolute Gasteiger partial charge is 0.375 e. The normalized spacial score (nSPS) is 18.8. The zero-order chi connectivity index (χ0) is 14.7. The third-order valence-corrected chi connectivity index (χ3v) is 3.09. The van der Waals surface area contributed by atoms with Crippen LogP contribution in [-0.2, 0) is 4.74 Å². The highest BCUT2D eigenvalue weighted by Crippen LogP contribution is 2.16. The van der Waals surface area contributed by atoms with Crippen molar-refractivity contribution < 1.29 is 4.74 Å². The summed E-state index contributed by atoms with van der Waals surface area (Å²) in [5, 5.41) is 7.19. The van der Waals surface area contributed by atoms with E-state index in [-0.39, 0.29) is 6.10 Å². The van der Waals surface area contributed by atoms with Crippen LogP contribution in [0, 0.1) is 0 Å². The zero-order valence-corrected chi connectivity index (χ0v) is 12.1. The van der Waals surface area contributed by atoms with Crippen molar-refractivity contribution in [2.24, 2.45) is 0 Å². The second-order valence-electron chi connectivity index (χ2n) is 4.76. The summed E-state index contributed by atoms with van der Waals surface area (Å²) in [6, 6.07) is 0. The quantitative estimate of drug-likeness (QED) is 0.848. The summed E-state index contributed by atoms with van der Waals surface area (Å²) in [4.78, 5) is 19.3. The molecule has 1 atom stereocenters. The Balaban J connectivity index is 1.95. The fourth-order valence-electron chi connectivity index (χ4n) is 2.15. The molecule has 1 unspecified atom stereocenters. The summed E-state index contributed by atoms with van der Waals surface area (Å²) in [7, 11) is 0. The van der Waals surface area contributed by atoms with Crippen molar-refractivity contribution in [3.8, 4) is 5.95 Å². The summed E-state index contributed by atoms with van der Waals surface area (Å²) in [5.74, 6) is 1.61. The van der Waals surface area contributed by atoms with Crippen molar-refractivity contribution >= 4 is 11.9 Å². The second kappa shape index (κ2) is 6.00.